The number of rotatable bonds is 6. The molecule has 0 aromatic heterocycles. The monoisotopic (exact) mass is 268 g/mol. The van der Waals surface area contributed by atoms with Crippen LogP contribution >= 0.6 is 0 Å². The molecule has 110 valence electrons. The topological polar surface area (TPSA) is 58.2 Å². The molecule has 19 heavy (non-hydrogen) atoms. The summed E-state index contributed by atoms with van der Waals surface area (Å²) in [6.07, 6.45) is 3.84. The molecule has 0 radical (unpaired) electrons. The number of carbonyl (C=O) groups excluding carboxylic acids is 2. The van der Waals surface area contributed by atoms with E-state index < -0.39 is 0 Å². The fourth-order valence-corrected chi connectivity index (χ4v) is 1.72. The van der Waals surface area contributed by atoms with Crippen molar-refractivity contribution in [1.29, 1.82) is 0 Å². The third-order valence-corrected chi connectivity index (χ3v) is 3.47. The minimum Gasteiger partial charge on any atom is -0.356 e. The van der Waals surface area contributed by atoms with E-state index in [1.165, 1.54) is 0 Å². The second kappa shape index (κ2) is 5.93. The van der Waals surface area contributed by atoms with Crippen molar-refractivity contribution in [2.75, 3.05) is 6.54 Å². The first-order valence-electron chi connectivity index (χ1n) is 7.22. The Kier molecular flexibility index (Phi) is 4.99. The largest absolute Gasteiger partial charge is 0.356 e. The molecule has 0 bridgehead atoms. The lowest BCUT2D eigenvalue weighted by atomic mass is 9.86. The lowest BCUT2D eigenvalue weighted by Crippen LogP contribution is -2.39. The smallest absolute Gasteiger partial charge is 0.225 e. The van der Waals surface area contributed by atoms with Crippen LogP contribution in [-0.2, 0) is 9.59 Å². The summed E-state index contributed by atoms with van der Waals surface area (Å²) in [5.41, 5.74) is -0.700. The average molecular weight is 268 g/mol. The summed E-state index contributed by atoms with van der Waals surface area (Å²) in [6.45, 7) is 10.3. The molecule has 2 N–H and O–H groups in total. The molecule has 1 rings (SSSR count). The number of nitrogens with one attached hydrogen (secondary N) is 2. The van der Waals surface area contributed by atoms with Crippen molar-refractivity contribution in [1.82, 2.24) is 10.6 Å². The minimum absolute atomic E-state index is 0.0627. The molecule has 0 saturated heterocycles. The molecule has 1 fully saturated rings. The summed E-state index contributed by atoms with van der Waals surface area (Å²) >= 11 is 0. The third-order valence-electron chi connectivity index (χ3n) is 3.47. The highest BCUT2D eigenvalue weighted by molar-refractivity contribution is 5.82. The van der Waals surface area contributed by atoms with Gasteiger partial charge in [0.25, 0.3) is 0 Å². The van der Waals surface area contributed by atoms with Crippen LogP contribution in [0.5, 0.6) is 0 Å². The van der Waals surface area contributed by atoms with Gasteiger partial charge in [-0.2, -0.15) is 0 Å². The van der Waals surface area contributed by atoms with Crippen LogP contribution in [-0.4, -0.2) is 24.4 Å². The van der Waals surface area contributed by atoms with E-state index >= 15 is 0 Å². The molecule has 0 aromatic rings. The van der Waals surface area contributed by atoms with Crippen LogP contribution in [0, 0.1) is 10.8 Å². The highest BCUT2D eigenvalue weighted by Gasteiger charge is 2.32. The molecule has 0 heterocycles. The van der Waals surface area contributed by atoms with E-state index in [1.54, 1.807) is 0 Å². The Balaban J connectivity index is 2.23. The molecule has 1 aliphatic rings. The van der Waals surface area contributed by atoms with Crippen LogP contribution in [0.3, 0.4) is 0 Å². The van der Waals surface area contributed by atoms with Crippen molar-refractivity contribution in [3.63, 3.8) is 0 Å². The summed E-state index contributed by atoms with van der Waals surface area (Å²) in [4.78, 5) is 23.7. The molecule has 0 spiro atoms. The van der Waals surface area contributed by atoms with Crippen LogP contribution < -0.4 is 10.6 Å². The van der Waals surface area contributed by atoms with Gasteiger partial charge in [0.15, 0.2) is 0 Å². The molecule has 0 unspecified atom stereocenters. The zero-order valence-corrected chi connectivity index (χ0v) is 12.9. The van der Waals surface area contributed by atoms with Crippen molar-refractivity contribution in [3.8, 4) is 0 Å². The van der Waals surface area contributed by atoms with Gasteiger partial charge >= 0.3 is 0 Å². The third kappa shape index (κ3) is 5.62. The number of hydrogen-bond donors (Lipinski definition) is 2. The summed E-state index contributed by atoms with van der Waals surface area (Å²) < 4.78 is 0. The van der Waals surface area contributed by atoms with Gasteiger partial charge in [-0.3, -0.25) is 9.59 Å². The predicted octanol–water partition coefficient (Wildman–Crippen LogP) is 2.23. The number of carbonyl (C=O) groups is 2. The Hall–Kier alpha value is -1.06. The second-order valence-electron chi connectivity index (χ2n) is 7.24. The highest BCUT2D eigenvalue weighted by atomic mass is 16.2. The quantitative estimate of drug-likeness (QED) is 0.726. The van der Waals surface area contributed by atoms with Crippen LogP contribution in [0.2, 0.25) is 0 Å². The van der Waals surface area contributed by atoms with E-state index in [2.05, 4.69) is 10.6 Å². The van der Waals surface area contributed by atoms with E-state index in [4.69, 9.17) is 0 Å². The molecule has 0 atom stereocenters. The standard InChI is InChI=1S/C15H28N2O2/c1-14(2,3)12(18)16-10-6-9-15(4,5)13(19)17-11-7-8-11/h11H,6-10H2,1-5H3,(H,16,18)(H,17,19). The van der Waals surface area contributed by atoms with E-state index in [9.17, 15) is 9.59 Å². The Morgan fingerprint density at radius 2 is 1.63 bits per heavy atom. The molecule has 0 aromatic carbocycles. The van der Waals surface area contributed by atoms with E-state index in [0.29, 0.717) is 12.6 Å². The fourth-order valence-electron chi connectivity index (χ4n) is 1.72. The van der Waals surface area contributed by atoms with Crippen molar-refractivity contribution < 1.29 is 9.59 Å². The first-order chi connectivity index (χ1) is 8.63. The maximum absolute atomic E-state index is 12.0. The van der Waals surface area contributed by atoms with Crippen molar-refractivity contribution >= 4 is 11.8 Å². The Morgan fingerprint density at radius 3 is 2.11 bits per heavy atom. The summed E-state index contributed by atoms with van der Waals surface area (Å²) in [7, 11) is 0. The molecule has 4 heteroatoms. The maximum atomic E-state index is 12.0. The van der Waals surface area contributed by atoms with Crippen LogP contribution in [0.1, 0.15) is 60.3 Å². The van der Waals surface area contributed by atoms with Gasteiger partial charge in [0.05, 0.1) is 0 Å². The Bertz CT molecular complexity index is 339. The Labute approximate surface area is 116 Å². The van der Waals surface area contributed by atoms with Gasteiger partial charge < -0.3 is 10.6 Å². The molecule has 1 aliphatic carbocycles. The van der Waals surface area contributed by atoms with Gasteiger partial charge in [-0.25, -0.2) is 0 Å². The SMILES string of the molecule is CC(C)(C)C(=O)NCCCC(C)(C)C(=O)NC1CC1. The van der Waals surface area contributed by atoms with Gasteiger partial charge in [-0.1, -0.05) is 34.6 Å². The number of amides is 2. The zero-order chi connectivity index (χ0) is 14.7. The van der Waals surface area contributed by atoms with Crippen LogP contribution in [0.4, 0.5) is 0 Å². The normalized spacial score (nSPS) is 16.1. The first-order valence-corrected chi connectivity index (χ1v) is 7.22. The molecule has 4 nitrogen and oxygen atoms in total. The van der Waals surface area contributed by atoms with Gasteiger partial charge in [-0.05, 0) is 25.7 Å². The van der Waals surface area contributed by atoms with Crippen LogP contribution in [0.25, 0.3) is 0 Å². The molecule has 1 saturated carbocycles. The van der Waals surface area contributed by atoms with Crippen LogP contribution in [0.15, 0.2) is 0 Å². The molecule has 2 amide bonds. The zero-order valence-electron chi connectivity index (χ0n) is 12.9. The minimum atomic E-state index is -0.352. The van der Waals surface area contributed by atoms with E-state index in [-0.39, 0.29) is 22.6 Å². The predicted molar refractivity (Wildman–Crippen MR) is 76.6 cm³/mol. The Morgan fingerprint density at radius 1 is 1.05 bits per heavy atom. The lowest BCUT2D eigenvalue weighted by molar-refractivity contribution is -0.129. The molecule has 0 aliphatic heterocycles. The maximum Gasteiger partial charge on any atom is 0.225 e. The van der Waals surface area contributed by atoms with Gasteiger partial charge in [-0.15, -0.1) is 0 Å². The van der Waals surface area contributed by atoms with E-state index in [0.717, 1.165) is 25.7 Å². The molecular formula is C15H28N2O2. The van der Waals surface area contributed by atoms with Gasteiger partial charge in [0.2, 0.25) is 11.8 Å². The van der Waals surface area contributed by atoms with Gasteiger partial charge in [0.1, 0.15) is 0 Å². The summed E-state index contributed by atoms with van der Waals surface area (Å²) in [5.74, 6) is 0.199. The van der Waals surface area contributed by atoms with Crippen molar-refractivity contribution in [2.24, 2.45) is 10.8 Å². The number of hydrogen-bond acceptors (Lipinski definition) is 2. The lowest BCUT2D eigenvalue weighted by Gasteiger charge is -2.24. The van der Waals surface area contributed by atoms with Crippen molar-refractivity contribution in [3.05, 3.63) is 0 Å². The fraction of sp³-hybridized carbons (Fsp3) is 0.867. The van der Waals surface area contributed by atoms with Crippen molar-refractivity contribution in [2.45, 2.75) is 66.3 Å². The highest BCUT2D eigenvalue weighted by Crippen LogP contribution is 2.26. The average Bonchev–Trinajstić information content (AvgIpc) is 3.06. The summed E-state index contributed by atoms with van der Waals surface area (Å²) in [6, 6.07) is 0.410. The summed E-state index contributed by atoms with van der Waals surface area (Å²) in [5, 5.41) is 5.96. The second-order valence-corrected chi connectivity index (χ2v) is 7.24. The van der Waals surface area contributed by atoms with Gasteiger partial charge in [0, 0.05) is 23.4 Å². The first kappa shape index (κ1) is 16.0. The van der Waals surface area contributed by atoms with E-state index in [1.807, 2.05) is 34.6 Å². The molecular weight excluding hydrogens is 240 g/mol.